The van der Waals surface area contributed by atoms with Gasteiger partial charge < -0.3 is 15.0 Å². The normalized spacial score (nSPS) is 16.7. The van der Waals surface area contributed by atoms with Gasteiger partial charge in [0.2, 0.25) is 5.91 Å². The first-order chi connectivity index (χ1) is 12.4. The molecule has 1 heterocycles. The maximum absolute atomic E-state index is 13.0. The Morgan fingerprint density at radius 2 is 2.04 bits per heavy atom. The minimum atomic E-state index is -0.316. The molecule has 2 amide bonds. The fourth-order valence-electron chi connectivity index (χ4n) is 2.91. The van der Waals surface area contributed by atoms with Crippen LogP contribution in [0.4, 0.5) is 4.39 Å². The molecule has 3 rings (SSSR count). The van der Waals surface area contributed by atoms with E-state index in [1.54, 1.807) is 35.2 Å². The quantitative estimate of drug-likeness (QED) is 0.872. The van der Waals surface area contributed by atoms with Crippen LogP contribution in [0.15, 0.2) is 42.5 Å². The van der Waals surface area contributed by atoms with Crippen molar-refractivity contribution >= 4 is 23.4 Å². The summed E-state index contributed by atoms with van der Waals surface area (Å²) in [5, 5.41) is 3.25. The van der Waals surface area contributed by atoms with Crippen LogP contribution < -0.4 is 10.1 Å². The van der Waals surface area contributed by atoms with Crippen molar-refractivity contribution in [2.45, 2.75) is 19.0 Å². The van der Waals surface area contributed by atoms with Crippen LogP contribution in [0.1, 0.15) is 22.3 Å². The lowest BCUT2D eigenvalue weighted by Crippen LogP contribution is -2.37. The van der Waals surface area contributed by atoms with Gasteiger partial charge in [0.1, 0.15) is 11.6 Å². The van der Waals surface area contributed by atoms with Crippen molar-refractivity contribution in [3.8, 4) is 5.75 Å². The van der Waals surface area contributed by atoms with Crippen LogP contribution in [-0.4, -0.2) is 36.4 Å². The second-order valence-electron chi connectivity index (χ2n) is 6.15. The molecule has 0 aromatic heterocycles. The number of hydrogen-bond donors (Lipinski definition) is 1. The van der Waals surface area contributed by atoms with E-state index in [0.717, 1.165) is 5.56 Å². The van der Waals surface area contributed by atoms with Gasteiger partial charge in [-0.2, -0.15) is 0 Å². The monoisotopic (exact) mass is 376 g/mol. The number of nitrogens with zero attached hydrogens (tertiary/aromatic N) is 1. The minimum absolute atomic E-state index is 0.0525. The standard InChI is InChI=1S/C19H18ClFN2O3/c1-26-17-7-13(6-14(20)8-17)19(25)22-16-9-18(24)23(11-16)10-12-2-4-15(21)5-3-12/h2-8,16H,9-11H2,1H3,(H,22,25)/t16-/m0/s1. The fraction of sp³-hybridized carbons (Fsp3) is 0.263. The minimum Gasteiger partial charge on any atom is -0.497 e. The van der Waals surface area contributed by atoms with Gasteiger partial charge in [-0.1, -0.05) is 23.7 Å². The molecule has 0 aliphatic carbocycles. The maximum Gasteiger partial charge on any atom is 0.251 e. The Bertz CT molecular complexity index is 826. The third kappa shape index (κ3) is 4.32. The molecule has 2 aromatic rings. The summed E-state index contributed by atoms with van der Waals surface area (Å²) in [6.45, 7) is 0.788. The lowest BCUT2D eigenvalue weighted by molar-refractivity contribution is -0.128. The number of ether oxygens (including phenoxy) is 1. The average molecular weight is 377 g/mol. The highest BCUT2D eigenvalue weighted by molar-refractivity contribution is 6.31. The molecule has 0 bridgehead atoms. The summed E-state index contributed by atoms with van der Waals surface area (Å²) in [6, 6.07) is 10.5. The molecule has 0 saturated carbocycles. The van der Waals surface area contributed by atoms with E-state index in [0.29, 0.717) is 29.4 Å². The van der Waals surface area contributed by atoms with E-state index in [2.05, 4.69) is 5.32 Å². The second-order valence-corrected chi connectivity index (χ2v) is 6.59. The van der Waals surface area contributed by atoms with Crippen molar-refractivity contribution < 1.29 is 18.7 Å². The highest BCUT2D eigenvalue weighted by atomic mass is 35.5. The van der Waals surface area contributed by atoms with Gasteiger partial charge in [0, 0.05) is 30.1 Å². The number of carbonyl (C=O) groups excluding carboxylic acids is 2. The second kappa shape index (κ2) is 7.74. The van der Waals surface area contributed by atoms with E-state index < -0.39 is 0 Å². The fourth-order valence-corrected chi connectivity index (χ4v) is 3.14. The van der Waals surface area contributed by atoms with Crippen LogP contribution in [0.25, 0.3) is 0 Å². The van der Waals surface area contributed by atoms with E-state index in [-0.39, 0.29) is 30.1 Å². The number of rotatable bonds is 5. The molecular weight excluding hydrogens is 359 g/mol. The molecule has 7 heteroatoms. The van der Waals surface area contributed by atoms with Crippen molar-refractivity contribution in [1.82, 2.24) is 10.2 Å². The zero-order chi connectivity index (χ0) is 18.7. The molecule has 1 atom stereocenters. The van der Waals surface area contributed by atoms with E-state index >= 15 is 0 Å². The zero-order valence-corrected chi connectivity index (χ0v) is 14.9. The first-order valence-corrected chi connectivity index (χ1v) is 8.50. The summed E-state index contributed by atoms with van der Waals surface area (Å²) in [7, 11) is 1.50. The van der Waals surface area contributed by atoms with Gasteiger partial charge in [-0.05, 0) is 35.9 Å². The molecule has 1 fully saturated rings. The number of benzene rings is 2. The van der Waals surface area contributed by atoms with Crippen LogP contribution in [0.5, 0.6) is 5.75 Å². The first kappa shape index (κ1) is 18.2. The van der Waals surface area contributed by atoms with E-state index in [1.165, 1.54) is 19.2 Å². The van der Waals surface area contributed by atoms with Gasteiger partial charge in [0.05, 0.1) is 13.2 Å². The molecule has 2 aromatic carbocycles. The highest BCUT2D eigenvalue weighted by Crippen LogP contribution is 2.21. The van der Waals surface area contributed by atoms with Crippen molar-refractivity contribution in [3.63, 3.8) is 0 Å². The predicted octanol–water partition coefficient (Wildman–Crippen LogP) is 3.02. The molecule has 0 radical (unpaired) electrons. The molecule has 0 spiro atoms. The molecule has 136 valence electrons. The van der Waals surface area contributed by atoms with Crippen LogP contribution >= 0.6 is 11.6 Å². The molecule has 1 aliphatic heterocycles. The van der Waals surface area contributed by atoms with Gasteiger partial charge in [-0.3, -0.25) is 9.59 Å². The van der Waals surface area contributed by atoms with Crippen LogP contribution in [0.3, 0.4) is 0 Å². The van der Waals surface area contributed by atoms with Crippen molar-refractivity contribution in [2.24, 2.45) is 0 Å². The van der Waals surface area contributed by atoms with Gasteiger partial charge in [-0.15, -0.1) is 0 Å². The third-order valence-corrected chi connectivity index (χ3v) is 4.42. The third-order valence-electron chi connectivity index (χ3n) is 4.21. The topological polar surface area (TPSA) is 58.6 Å². The lowest BCUT2D eigenvalue weighted by atomic mass is 10.1. The van der Waals surface area contributed by atoms with Crippen molar-refractivity contribution in [2.75, 3.05) is 13.7 Å². The summed E-state index contributed by atoms with van der Waals surface area (Å²) in [6.07, 6.45) is 0.227. The Morgan fingerprint density at radius 3 is 2.73 bits per heavy atom. The first-order valence-electron chi connectivity index (χ1n) is 8.12. The summed E-state index contributed by atoms with van der Waals surface area (Å²) in [5.74, 6) is -0.192. The van der Waals surface area contributed by atoms with Gasteiger partial charge >= 0.3 is 0 Å². The van der Waals surface area contributed by atoms with Gasteiger partial charge in [-0.25, -0.2) is 4.39 Å². The van der Waals surface area contributed by atoms with Crippen LogP contribution in [0, 0.1) is 5.82 Å². The number of hydrogen-bond acceptors (Lipinski definition) is 3. The van der Waals surface area contributed by atoms with Crippen LogP contribution in [0.2, 0.25) is 5.02 Å². The Labute approximate surface area is 155 Å². The number of amides is 2. The molecule has 1 N–H and O–H groups in total. The Hall–Kier alpha value is -2.60. The molecule has 1 aliphatic rings. The van der Waals surface area contributed by atoms with E-state index in [9.17, 15) is 14.0 Å². The number of halogens is 2. The largest absolute Gasteiger partial charge is 0.497 e. The SMILES string of the molecule is COc1cc(Cl)cc(C(=O)N[C@H]2CC(=O)N(Cc3ccc(F)cc3)C2)c1. The van der Waals surface area contributed by atoms with Crippen LogP contribution in [-0.2, 0) is 11.3 Å². The number of methoxy groups -OCH3 is 1. The Morgan fingerprint density at radius 1 is 1.31 bits per heavy atom. The average Bonchev–Trinajstić information content (AvgIpc) is 2.95. The smallest absolute Gasteiger partial charge is 0.251 e. The Kier molecular flexibility index (Phi) is 5.42. The predicted molar refractivity (Wildman–Crippen MR) is 95.7 cm³/mol. The number of likely N-dealkylation sites (tertiary alicyclic amines) is 1. The summed E-state index contributed by atoms with van der Waals surface area (Å²) in [4.78, 5) is 26.3. The van der Waals surface area contributed by atoms with Crippen molar-refractivity contribution in [3.05, 3.63) is 64.4 Å². The lowest BCUT2D eigenvalue weighted by Gasteiger charge is -2.17. The molecule has 0 unspecified atom stereocenters. The summed E-state index contributed by atoms with van der Waals surface area (Å²) < 4.78 is 18.1. The van der Waals surface area contributed by atoms with E-state index in [1.807, 2.05) is 0 Å². The summed E-state index contributed by atoms with van der Waals surface area (Å²) in [5.41, 5.74) is 1.21. The maximum atomic E-state index is 13.0. The molecule has 1 saturated heterocycles. The van der Waals surface area contributed by atoms with Gasteiger partial charge in [0.15, 0.2) is 0 Å². The highest BCUT2D eigenvalue weighted by Gasteiger charge is 2.30. The molecular formula is C19H18ClFN2O3. The number of nitrogens with one attached hydrogen (secondary N) is 1. The zero-order valence-electron chi connectivity index (χ0n) is 14.2. The summed E-state index contributed by atoms with van der Waals surface area (Å²) >= 11 is 5.99. The molecule has 26 heavy (non-hydrogen) atoms. The Balaban J connectivity index is 1.62. The van der Waals surface area contributed by atoms with Gasteiger partial charge in [0.25, 0.3) is 5.91 Å². The number of carbonyl (C=O) groups is 2. The van der Waals surface area contributed by atoms with Crippen molar-refractivity contribution in [1.29, 1.82) is 0 Å². The van der Waals surface area contributed by atoms with E-state index in [4.69, 9.17) is 16.3 Å². The molecule has 5 nitrogen and oxygen atoms in total.